The Morgan fingerprint density at radius 2 is 1.67 bits per heavy atom. The maximum Gasteiger partial charge on any atom is 2.00 e. The van der Waals surface area contributed by atoms with Crippen molar-refractivity contribution in [1.29, 1.82) is 0 Å². The summed E-state index contributed by atoms with van der Waals surface area (Å²) < 4.78 is 0. The maximum absolute atomic E-state index is 3.38. The van der Waals surface area contributed by atoms with Crippen molar-refractivity contribution < 1.29 is 2.85 Å². The topological polar surface area (TPSA) is 49.4 Å². The van der Waals surface area contributed by atoms with Gasteiger partial charge < -0.3 is 2.85 Å². The predicted octanol–water partition coefficient (Wildman–Crippen LogP) is 0.621. The van der Waals surface area contributed by atoms with E-state index in [4.69, 9.17) is 0 Å². The third-order valence-corrected chi connectivity index (χ3v) is 0.293. The molecule has 0 bridgehead atoms. The van der Waals surface area contributed by atoms with Crippen molar-refractivity contribution in [3.05, 3.63) is 0 Å². The normalized spacial score (nSPS) is 14.7. The van der Waals surface area contributed by atoms with Crippen molar-refractivity contribution >= 4 is 37.7 Å². The van der Waals surface area contributed by atoms with E-state index in [9.17, 15) is 0 Å². The molecule has 0 amide bonds. The zero-order valence-corrected chi connectivity index (χ0v) is 5.41. The molecule has 1 heterocycles. The van der Waals surface area contributed by atoms with Crippen molar-refractivity contribution in [3.8, 4) is 0 Å². The Balaban J connectivity index is -0.0000000833. The molecular formula is CH4CaN4. The number of hydrogen-bond acceptors (Lipinski definition) is 4. The minimum absolute atomic E-state index is 0. The molecule has 0 saturated carbocycles. The average molecular weight is 112 g/mol. The van der Waals surface area contributed by atoms with Crippen LogP contribution in [0.3, 0.4) is 0 Å². The molecule has 0 atom stereocenters. The van der Waals surface area contributed by atoms with E-state index in [1.54, 1.807) is 0 Å². The van der Waals surface area contributed by atoms with Crippen LogP contribution in [0.1, 0.15) is 2.85 Å². The van der Waals surface area contributed by atoms with Crippen LogP contribution >= 0.6 is 0 Å². The summed E-state index contributed by atoms with van der Waals surface area (Å²) in [5, 5.41) is 13.1. The molecule has 5 heteroatoms. The van der Waals surface area contributed by atoms with E-state index in [0.29, 0.717) is 6.67 Å². The first-order chi connectivity index (χ1) is 2.50. The van der Waals surface area contributed by atoms with Gasteiger partial charge in [0.05, 0.1) is 0 Å². The molecule has 0 unspecified atom stereocenters. The van der Waals surface area contributed by atoms with Crippen LogP contribution in [0.2, 0.25) is 0 Å². The molecule has 0 radical (unpaired) electrons. The van der Waals surface area contributed by atoms with E-state index >= 15 is 0 Å². The summed E-state index contributed by atoms with van der Waals surface area (Å²) in [4.78, 5) is 0. The van der Waals surface area contributed by atoms with E-state index < -0.39 is 0 Å². The monoisotopic (exact) mass is 112 g/mol. The zero-order chi connectivity index (χ0) is 3.54. The Morgan fingerprint density at radius 3 is 1.83 bits per heavy atom. The Bertz CT molecular complexity index is 72.1. The SMILES string of the molecule is C1N=NN=N1.[Ca+2].[H-].[H-]. The third kappa shape index (κ3) is 1.79. The fraction of sp³-hybridized carbons (Fsp3) is 1.00. The van der Waals surface area contributed by atoms with Crippen LogP contribution in [0, 0.1) is 0 Å². The van der Waals surface area contributed by atoms with Crippen LogP contribution < -0.4 is 0 Å². The van der Waals surface area contributed by atoms with Gasteiger partial charge in [-0.15, -0.1) is 10.2 Å². The van der Waals surface area contributed by atoms with E-state index in [2.05, 4.69) is 20.7 Å². The second kappa shape index (κ2) is 3.64. The van der Waals surface area contributed by atoms with Crippen molar-refractivity contribution in [2.24, 2.45) is 20.7 Å². The van der Waals surface area contributed by atoms with Crippen LogP contribution in [0.25, 0.3) is 0 Å². The Morgan fingerprint density at radius 1 is 1.17 bits per heavy atom. The smallest absolute Gasteiger partial charge is 1.00 e. The molecule has 0 aliphatic carbocycles. The van der Waals surface area contributed by atoms with E-state index in [1.807, 2.05) is 0 Å². The van der Waals surface area contributed by atoms with Gasteiger partial charge in [-0.3, -0.25) is 0 Å². The number of nitrogens with zero attached hydrogens (tertiary/aromatic N) is 4. The maximum atomic E-state index is 3.38. The first-order valence-corrected chi connectivity index (χ1v) is 1.23. The molecule has 0 N–H and O–H groups in total. The molecule has 1 rings (SSSR count). The van der Waals surface area contributed by atoms with Crippen molar-refractivity contribution in [3.63, 3.8) is 0 Å². The molecule has 0 fully saturated rings. The fourth-order valence-corrected chi connectivity index (χ4v) is 0.141. The molecule has 0 spiro atoms. The Labute approximate surface area is 67.7 Å². The van der Waals surface area contributed by atoms with Gasteiger partial charge in [0.1, 0.15) is 0 Å². The molecule has 1 aliphatic rings. The van der Waals surface area contributed by atoms with Crippen molar-refractivity contribution in [1.82, 2.24) is 0 Å². The van der Waals surface area contributed by atoms with Crippen LogP contribution in [0.4, 0.5) is 0 Å². The Kier molecular flexibility index (Phi) is 3.92. The largest absolute Gasteiger partial charge is 2.00 e. The van der Waals surface area contributed by atoms with Crippen LogP contribution in [0.5, 0.6) is 0 Å². The van der Waals surface area contributed by atoms with Crippen molar-refractivity contribution in [2.45, 2.75) is 0 Å². The second-order valence-electron chi connectivity index (χ2n) is 0.603. The van der Waals surface area contributed by atoms with E-state index in [0.717, 1.165) is 0 Å². The Hall–Kier alpha value is 0.460. The van der Waals surface area contributed by atoms with Gasteiger partial charge in [-0.25, -0.2) is 0 Å². The minimum atomic E-state index is 0. The molecule has 0 aromatic heterocycles. The first kappa shape index (κ1) is 6.46. The molecular weight excluding hydrogens is 108 g/mol. The molecule has 0 aromatic rings. The van der Waals surface area contributed by atoms with Gasteiger partial charge in [0.15, 0.2) is 6.67 Å². The van der Waals surface area contributed by atoms with Crippen LogP contribution in [-0.4, -0.2) is 44.4 Å². The summed E-state index contributed by atoms with van der Waals surface area (Å²) in [6.07, 6.45) is 0. The van der Waals surface area contributed by atoms with Gasteiger partial charge in [-0.05, 0) is 10.4 Å². The molecule has 0 saturated heterocycles. The summed E-state index contributed by atoms with van der Waals surface area (Å²) in [6.45, 7) is 0.417. The molecule has 1 aliphatic heterocycles. The quantitative estimate of drug-likeness (QED) is 0.412. The minimum Gasteiger partial charge on any atom is -1.00 e. The van der Waals surface area contributed by atoms with Crippen molar-refractivity contribution in [2.75, 3.05) is 6.67 Å². The molecule has 30 valence electrons. The van der Waals surface area contributed by atoms with Gasteiger partial charge in [-0.1, -0.05) is 0 Å². The van der Waals surface area contributed by atoms with E-state index in [-0.39, 0.29) is 40.6 Å². The summed E-state index contributed by atoms with van der Waals surface area (Å²) >= 11 is 0. The predicted molar refractivity (Wildman–Crippen MR) is 22.6 cm³/mol. The fourth-order valence-electron chi connectivity index (χ4n) is 0.141. The zero-order valence-electron chi connectivity index (χ0n) is 5.20. The van der Waals surface area contributed by atoms with Gasteiger partial charge in [0, 0.05) is 0 Å². The molecule has 4 nitrogen and oxygen atoms in total. The first-order valence-electron chi connectivity index (χ1n) is 1.23. The summed E-state index contributed by atoms with van der Waals surface area (Å²) in [5.41, 5.74) is 0. The van der Waals surface area contributed by atoms with Gasteiger partial charge in [0.25, 0.3) is 0 Å². The third-order valence-electron chi connectivity index (χ3n) is 0.293. The average Bonchev–Trinajstić information content (AvgIpc) is 1.76. The van der Waals surface area contributed by atoms with Gasteiger partial charge >= 0.3 is 37.7 Å². The molecule has 0 aromatic carbocycles. The number of rotatable bonds is 0. The second-order valence-corrected chi connectivity index (χ2v) is 0.603. The summed E-state index contributed by atoms with van der Waals surface area (Å²) in [6, 6.07) is 0. The summed E-state index contributed by atoms with van der Waals surface area (Å²) in [7, 11) is 0. The van der Waals surface area contributed by atoms with Gasteiger partial charge in [0.2, 0.25) is 0 Å². The number of hydrogen-bond donors (Lipinski definition) is 0. The van der Waals surface area contributed by atoms with Crippen LogP contribution in [-0.2, 0) is 0 Å². The standard InChI is InChI=1S/CH2N4.Ca.2H/c1-2-4-5-3-1;;;/h1H2;;;/q;+2;2*-1. The molecule has 6 heavy (non-hydrogen) atoms. The van der Waals surface area contributed by atoms with E-state index in [1.165, 1.54) is 0 Å². The van der Waals surface area contributed by atoms with Gasteiger partial charge in [-0.2, -0.15) is 0 Å². The summed E-state index contributed by atoms with van der Waals surface area (Å²) in [5.74, 6) is 0. The van der Waals surface area contributed by atoms with Crippen LogP contribution in [0.15, 0.2) is 20.7 Å².